The number of nitrogens with two attached hydrogens (primary N) is 1. The number of hydrogen-bond donors (Lipinski definition) is 1. The van der Waals surface area contributed by atoms with E-state index in [1.807, 2.05) is 11.3 Å². The van der Waals surface area contributed by atoms with E-state index in [0.29, 0.717) is 6.04 Å². The van der Waals surface area contributed by atoms with Crippen molar-refractivity contribution in [2.24, 2.45) is 17.6 Å². The molecule has 0 aromatic carbocycles. The maximum absolute atomic E-state index is 6.22. The van der Waals surface area contributed by atoms with Gasteiger partial charge in [0.25, 0.3) is 0 Å². The summed E-state index contributed by atoms with van der Waals surface area (Å²) in [6, 6.07) is 2.54. The molecule has 1 aromatic heterocycles. The Bertz CT molecular complexity index is 316. The highest BCUT2D eigenvalue weighted by atomic mass is 32.1. The Labute approximate surface area is 84.0 Å². The predicted octanol–water partition coefficient (Wildman–Crippen LogP) is 3.02. The fraction of sp³-hybridized carbons (Fsp3) is 0.636. The monoisotopic (exact) mass is 195 g/mol. The zero-order valence-electron chi connectivity index (χ0n) is 8.50. The number of aryl methyl sites for hydroxylation is 2. The van der Waals surface area contributed by atoms with E-state index in [1.165, 1.54) is 21.7 Å². The molecule has 0 radical (unpaired) electrons. The average Bonchev–Trinajstić information content (AvgIpc) is 2.67. The Kier molecular flexibility index (Phi) is 2.20. The molecule has 1 aliphatic carbocycles. The van der Waals surface area contributed by atoms with E-state index in [4.69, 9.17) is 5.73 Å². The molecule has 13 heavy (non-hydrogen) atoms. The maximum atomic E-state index is 6.22. The SMILES string of the molecule is Cc1cc(C)c(C(N)C2CC2C)s1. The third kappa shape index (κ3) is 1.65. The third-order valence-corrected chi connectivity index (χ3v) is 4.27. The van der Waals surface area contributed by atoms with E-state index in [1.54, 1.807) is 0 Å². The van der Waals surface area contributed by atoms with Gasteiger partial charge in [-0.05, 0) is 43.7 Å². The van der Waals surface area contributed by atoms with Crippen molar-refractivity contribution >= 4 is 11.3 Å². The van der Waals surface area contributed by atoms with Crippen LogP contribution in [0.4, 0.5) is 0 Å². The minimum Gasteiger partial charge on any atom is -0.323 e. The molecular weight excluding hydrogens is 178 g/mol. The molecule has 0 aliphatic heterocycles. The van der Waals surface area contributed by atoms with Crippen LogP contribution < -0.4 is 5.73 Å². The maximum Gasteiger partial charge on any atom is 0.0423 e. The largest absolute Gasteiger partial charge is 0.323 e. The van der Waals surface area contributed by atoms with Crippen LogP contribution in [0.15, 0.2) is 6.07 Å². The second-order valence-corrected chi connectivity index (χ2v) is 5.59. The van der Waals surface area contributed by atoms with Crippen LogP contribution in [-0.4, -0.2) is 0 Å². The molecule has 0 bridgehead atoms. The van der Waals surface area contributed by atoms with Crippen molar-refractivity contribution in [1.29, 1.82) is 0 Å². The van der Waals surface area contributed by atoms with Crippen molar-refractivity contribution in [3.8, 4) is 0 Å². The second kappa shape index (κ2) is 3.10. The van der Waals surface area contributed by atoms with Gasteiger partial charge in [0.2, 0.25) is 0 Å². The van der Waals surface area contributed by atoms with E-state index in [-0.39, 0.29) is 0 Å². The van der Waals surface area contributed by atoms with Gasteiger partial charge in [0.05, 0.1) is 0 Å². The summed E-state index contributed by atoms with van der Waals surface area (Å²) in [5.41, 5.74) is 7.60. The van der Waals surface area contributed by atoms with Gasteiger partial charge < -0.3 is 5.73 Å². The Morgan fingerprint density at radius 3 is 2.54 bits per heavy atom. The molecule has 1 nitrogen and oxygen atoms in total. The Morgan fingerprint density at radius 2 is 2.15 bits per heavy atom. The summed E-state index contributed by atoms with van der Waals surface area (Å²) in [6.07, 6.45) is 1.32. The summed E-state index contributed by atoms with van der Waals surface area (Å²) in [4.78, 5) is 2.79. The van der Waals surface area contributed by atoms with Gasteiger partial charge in [-0.2, -0.15) is 0 Å². The zero-order valence-corrected chi connectivity index (χ0v) is 9.32. The van der Waals surface area contributed by atoms with E-state index < -0.39 is 0 Å². The molecule has 0 amide bonds. The first-order chi connectivity index (χ1) is 6.09. The number of thiophene rings is 1. The van der Waals surface area contributed by atoms with Crippen LogP contribution >= 0.6 is 11.3 Å². The van der Waals surface area contributed by atoms with Gasteiger partial charge in [0.1, 0.15) is 0 Å². The molecule has 1 aliphatic rings. The van der Waals surface area contributed by atoms with Crippen LogP contribution in [-0.2, 0) is 0 Å². The van der Waals surface area contributed by atoms with Gasteiger partial charge in [-0.25, -0.2) is 0 Å². The van der Waals surface area contributed by atoms with E-state index in [9.17, 15) is 0 Å². The molecule has 2 heteroatoms. The van der Waals surface area contributed by atoms with Crippen LogP contribution in [0.3, 0.4) is 0 Å². The summed E-state index contributed by atoms with van der Waals surface area (Å²) < 4.78 is 0. The van der Waals surface area contributed by atoms with Crippen LogP contribution in [0.5, 0.6) is 0 Å². The Morgan fingerprint density at radius 1 is 1.54 bits per heavy atom. The lowest BCUT2D eigenvalue weighted by atomic mass is 10.1. The van der Waals surface area contributed by atoms with Crippen molar-refractivity contribution in [1.82, 2.24) is 0 Å². The Hall–Kier alpha value is -0.340. The highest BCUT2D eigenvalue weighted by Crippen LogP contribution is 2.47. The Balaban J connectivity index is 2.19. The number of rotatable bonds is 2. The van der Waals surface area contributed by atoms with Crippen molar-refractivity contribution in [3.63, 3.8) is 0 Å². The molecule has 3 unspecified atom stereocenters. The van der Waals surface area contributed by atoms with Gasteiger partial charge >= 0.3 is 0 Å². The lowest BCUT2D eigenvalue weighted by molar-refractivity contribution is 0.600. The average molecular weight is 195 g/mol. The second-order valence-electron chi connectivity index (χ2n) is 4.31. The van der Waals surface area contributed by atoms with Crippen LogP contribution in [0.2, 0.25) is 0 Å². The minimum absolute atomic E-state index is 0.300. The van der Waals surface area contributed by atoms with Crippen molar-refractivity contribution < 1.29 is 0 Å². The standard InChI is InChI=1S/C11H17NS/c1-6-5-9(6)10(12)11-7(2)4-8(3)13-11/h4,6,9-10H,5,12H2,1-3H3. The number of hydrogen-bond acceptors (Lipinski definition) is 2. The first-order valence-corrected chi connectivity index (χ1v) is 5.73. The highest BCUT2D eigenvalue weighted by molar-refractivity contribution is 7.12. The summed E-state index contributed by atoms with van der Waals surface area (Å²) in [7, 11) is 0. The molecule has 0 spiro atoms. The quantitative estimate of drug-likeness (QED) is 0.771. The zero-order chi connectivity index (χ0) is 9.59. The van der Waals surface area contributed by atoms with Gasteiger partial charge in [0, 0.05) is 15.8 Å². The fourth-order valence-corrected chi connectivity index (χ4v) is 3.15. The lowest BCUT2D eigenvalue weighted by Crippen LogP contribution is -2.12. The molecule has 1 saturated carbocycles. The van der Waals surface area contributed by atoms with Crippen LogP contribution in [0.1, 0.15) is 34.7 Å². The van der Waals surface area contributed by atoms with Gasteiger partial charge in [-0.3, -0.25) is 0 Å². The van der Waals surface area contributed by atoms with Crippen molar-refractivity contribution in [3.05, 3.63) is 21.4 Å². The third-order valence-electron chi connectivity index (χ3n) is 3.02. The first kappa shape index (κ1) is 9.22. The summed E-state index contributed by atoms with van der Waals surface area (Å²) in [6.45, 7) is 6.62. The summed E-state index contributed by atoms with van der Waals surface area (Å²) in [5.74, 6) is 1.59. The van der Waals surface area contributed by atoms with Crippen molar-refractivity contribution in [2.45, 2.75) is 33.2 Å². The van der Waals surface area contributed by atoms with Gasteiger partial charge in [0.15, 0.2) is 0 Å². The molecule has 1 fully saturated rings. The molecule has 3 atom stereocenters. The highest BCUT2D eigenvalue weighted by Gasteiger charge is 2.39. The molecule has 2 N–H and O–H groups in total. The van der Waals surface area contributed by atoms with E-state index >= 15 is 0 Å². The summed E-state index contributed by atoms with van der Waals surface area (Å²) in [5, 5.41) is 0. The van der Waals surface area contributed by atoms with Crippen molar-refractivity contribution in [2.75, 3.05) is 0 Å². The lowest BCUT2D eigenvalue weighted by Gasteiger charge is -2.09. The molecule has 2 rings (SSSR count). The minimum atomic E-state index is 0.300. The molecule has 0 saturated heterocycles. The molecule has 1 heterocycles. The van der Waals surface area contributed by atoms with Crippen LogP contribution in [0, 0.1) is 25.7 Å². The molecule has 72 valence electrons. The van der Waals surface area contributed by atoms with E-state index in [2.05, 4.69) is 26.8 Å². The van der Waals surface area contributed by atoms with Crippen LogP contribution in [0.25, 0.3) is 0 Å². The van der Waals surface area contributed by atoms with Gasteiger partial charge in [-0.15, -0.1) is 11.3 Å². The van der Waals surface area contributed by atoms with E-state index in [0.717, 1.165) is 11.8 Å². The predicted molar refractivity (Wildman–Crippen MR) is 58.0 cm³/mol. The first-order valence-electron chi connectivity index (χ1n) is 4.92. The fourth-order valence-electron chi connectivity index (χ4n) is 2.04. The smallest absolute Gasteiger partial charge is 0.0423 e. The molecular formula is C11H17NS. The topological polar surface area (TPSA) is 26.0 Å². The summed E-state index contributed by atoms with van der Waals surface area (Å²) >= 11 is 1.87. The normalized spacial score (nSPS) is 28.9. The molecule has 1 aromatic rings. The van der Waals surface area contributed by atoms with Gasteiger partial charge in [-0.1, -0.05) is 6.92 Å².